The fraction of sp³-hybridized carbons (Fsp3) is 0.818. The van der Waals surface area contributed by atoms with Gasteiger partial charge in [0.15, 0.2) is 0 Å². The lowest BCUT2D eigenvalue weighted by Gasteiger charge is -1.98. The van der Waals surface area contributed by atoms with Crippen LogP contribution >= 0.6 is 0 Å². The maximum atomic E-state index is 2.34. The molecule has 0 aliphatic rings. The molecule has 0 aromatic rings. The lowest BCUT2D eigenvalue weighted by Crippen LogP contribution is -1.83. The Hall–Kier alpha value is -0.260. The molecule has 66 valence electrons. The number of rotatable bonds is 6. The molecule has 0 heteroatoms. The lowest BCUT2D eigenvalue weighted by atomic mass is 10.1. The van der Waals surface area contributed by atoms with Crippen LogP contribution in [-0.2, 0) is 0 Å². The molecule has 0 rings (SSSR count). The Bertz CT molecular complexity index is 92.2. The summed E-state index contributed by atoms with van der Waals surface area (Å²) in [6, 6.07) is 0. The molecule has 0 spiro atoms. The summed E-state index contributed by atoms with van der Waals surface area (Å²) in [4.78, 5) is 0. The zero-order valence-electron chi connectivity index (χ0n) is 8.27. The van der Waals surface area contributed by atoms with Crippen LogP contribution in [-0.4, -0.2) is 0 Å². The Labute approximate surface area is 71.7 Å². The van der Waals surface area contributed by atoms with Gasteiger partial charge in [-0.2, -0.15) is 0 Å². The lowest BCUT2D eigenvalue weighted by molar-refractivity contribution is 0.685. The van der Waals surface area contributed by atoms with E-state index in [0.29, 0.717) is 0 Å². The van der Waals surface area contributed by atoms with Crippen LogP contribution in [0.5, 0.6) is 0 Å². The van der Waals surface area contributed by atoms with E-state index in [0.717, 1.165) is 5.92 Å². The number of allylic oxidation sites excluding steroid dienone is 2. The fourth-order valence-corrected chi connectivity index (χ4v) is 0.977. The molecular weight excluding hydrogens is 132 g/mol. The van der Waals surface area contributed by atoms with Crippen molar-refractivity contribution in [3.63, 3.8) is 0 Å². The zero-order chi connectivity index (χ0) is 8.53. The summed E-state index contributed by atoms with van der Waals surface area (Å²) in [5.74, 6) is 0.775. The van der Waals surface area contributed by atoms with Gasteiger partial charge in [-0.3, -0.25) is 0 Å². The third kappa shape index (κ3) is 7.64. The third-order valence-corrected chi connectivity index (χ3v) is 2.08. The van der Waals surface area contributed by atoms with Crippen LogP contribution in [0.1, 0.15) is 52.9 Å². The van der Waals surface area contributed by atoms with Crippen LogP contribution in [0.25, 0.3) is 0 Å². The van der Waals surface area contributed by atoms with Crippen LogP contribution in [0.15, 0.2) is 12.2 Å². The Morgan fingerprint density at radius 3 is 2.45 bits per heavy atom. The summed E-state index contributed by atoms with van der Waals surface area (Å²) in [6.07, 6.45) is 11.3. The van der Waals surface area contributed by atoms with Crippen LogP contribution < -0.4 is 0 Å². The normalized spacial score (nSPS) is 14.1. The minimum atomic E-state index is 0.775. The van der Waals surface area contributed by atoms with Crippen molar-refractivity contribution in [2.75, 3.05) is 0 Å². The molecule has 0 aromatic carbocycles. The van der Waals surface area contributed by atoms with Gasteiger partial charge in [0, 0.05) is 0 Å². The third-order valence-electron chi connectivity index (χ3n) is 2.08. The number of unbranched alkanes of at least 4 members (excludes halogenated alkanes) is 3. The standard InChI is InChI=1S/C11H22/c1-4-6-7-8-9-10-11(3)5-2/h9-11H,4-8H2,1-3H3. The summed E-state index contributed by atoms with van der Waals surface area (Å²) in [5, 5.41) is 0. The highest BCUT2D eigenvalue weighted by molar-refractivity contribution is 4.85. The molecule has 0 N–H and O–H groups in total. The first-order chi connectivity index (χ1) is 5.31. The molecule has 0 fully saturated rings. The Balaban J connectivity index is 3.15. The van der Waals surface area contributed by atoms with Gasteiger partial charge in [0.05, 0.1) is 0 Å². The molecule has 0 bridgehead atoms. The van der Waals surface area contributed by atoms with Crippen molar-refractivity contribution in [3.8, 4) is 0 Å². The van der Waals surface area contributed by atoms with Crippen molar-refractivity contribution in [3.05, 3.63) is 12.2 Å². The van der Waals surface area contributed by atoms with E-state index in [4.69, 9.17) is 0 Å². The van der Waals surface area contributed by atoms with E-state index in [1.165, 1.54) is 32.1 Å². The Morgan fingerprint density at radius 2 is 1.91 bits per heavy atom. The van der Waals surface area contributed by atoms with Crippen molar-refractivity contribution in [2.45, 2.75) is 52.9 Å². The first kappa shape index (κ1) is 10.7. The maximum absolute atomic E-state index is 2.34. The fourth-order valence-electron chi connectivity index (χ4n) is 0.977. The van der Waals surface area contributed by atoms with E-state index < -0.39 is 0 Å². The molecule has 0 heterocycles. The highest BCUT2D eigenvalue weighted by Gasteiger charge is 1.89. The minimum absolute atomic E-state index is 0.775. The first-order valence-electron chi connectivity index (χ1n) is 4.97. The van der Waals surface area contributed by atoms with Gasteiger partial charge >= 0.3 is 0 Å². The molecule has 0 amide bonds. The van der Waals surface area contributed by atoms with Crippen molar-refractivity contribution < 1.29 is 0 Å². The molecule has 0 aliphatic carbocycles. The molecule has 0 radical (unpaired) electrons. The van der Waals surface area contributed by atoms with Crippen molar-refractivity contribution in [2.24, 2.45) is 5.92 Å². The van der Waals surface area contributed by atoms with Gasteiger partial charge in [0.25, 0.3) is 0 Å². The van der Waals surface area contributed by atoms with Gasteiger partial charge in [-0.25, -0.2) is 0 Å². The predicted octanol–water partition coefficient (Wildman–Crippen LogP) is 4.17. The highest BCUT2D eigenvalue weighted by Crippen LogP contribution is 2.05. The van der Waals surface area contributed by atoms with Crippen molar-refractivity contribution in [1.82, 2.24) is 0 Å². The molecule has 1 unspecified atom stereocenters. The first-order valence-corrected chi connectivity index (χ1v) is 4.97. The minimum Gasteiger partial charge on any atom is -0.0883 e. The van der Waals surface area contributed by atoms with Gasteiger partial charge in [-0.15, -0.1) is 0 Å². The van der Waals surface area contributed by atoms with Gasteiger partial charge in [0.1, 0.15) is 0 Å². The number of hydrogen-bond donors (Lipinski definition) is 0. The monoisotopic (exact) mass is 154 g/mol. The summed E-state index contributed by atoms with van der Waals surface area (Å²) in [7, 11) is 0. The molecule has 0 saturated carbocycles. The smallest absolute Gasteiger partial charge is 0.0265 e. The zero-order valence-corrected chi connectivity index (χ0v) is 8.27. The largest absolute Gasteiger partial charge is 0.0883 e. The molecule has 0 aliphatic heterocycles. The van der Waals surface area contributed by atoms with E-state index in [-0.39, 0.29) is 0 Å². The molecule has 11 heavy (non-hydrogen) atoms. The second-order valence-corrected chi connectivity index (χ2v) is 3.31. The van der Waals surface area contributed by atoms with Gasteiger partial charge in [-0.05, 0) is 18.8 Å². The summed E-state index contributed by atoms with van der Waals surface area (Å²) in [5.41, 5.74) is 0. The Kier molecular flexibility index (Phi) is 7.66. The predicted molar refractivity (Wildman–Crippen MR) is 52.7 cm³/mol. The van der Waals surface area contributed by atoms with E-state index >= 15 is 0 Å². The quantitative estimate of drug-likeness (QED) is 0.398. The van der Waals surface area contributed by atoms with Crippen LogP contribution in [0.4, 0.5) is 0 Å². The molecule has 0 aromatic heterocycles. The van der Waals surface area contributed by atoms with Crippen LogP contribution in [0, 0.1) is 5.92 Å². The molecular formula is C11H22. The summed E-state index contributed by atoms with van der Waals surface area (Å²) < 4.78 is 0. The average Bonchev–Trinajstić information content (AvgIpc) is 2.04. The second-order valence-electron chi connectivity index (χ2n) is 3.31. The van der Waals surface area contributed by atoms with E-state index in [9.17, 15) is 0 Å². The molecule has 1 atom stereocenters. The summed E-state index contributed by atoms with van der Waals surface area (Å²) >= 11 is 0. The van der Waals surface area contributed by atoms with Crippen molar-refractivity contribution >= 4 is 0 Å². The van der Waals surface area contributed by atoms with Gasteiger partial charge < -0.3 is 0 Å². The van der Waals surface area contributed by atoms with Crippen molar-refractivity contribution in [1.29, 1.82) is 0 Å². The SMILES string of the molecule is CCCCCC=CC(C)CC. The van der Waals surface area contributed by atoms with E-state index in [1.54, 1.807) is 0 Å². The van der Waals surface area contributed by atoms with Gasteiger partial charge in [-0.1, -0.05) is 52.2 Å². The Morgan fingerprint density at radius 1 is 1.18 bits per heavy atom. The van der Waals surface area contributed by atoms with Gasteiger partial charge in [0.2, 0.25) is 0 Å². The summed E-state index contributed by atoms with van der Waals surface area (Å²) in [6.45, 7) is 6.76. The average molecular weight is 154 g/mol. The number of hydrogen-bond acceptors (Lipinski definition) is 0. The molecule has 0 saturated heterocycles. The highest BCUT2D eigenvalue weighted by atomic mass is 13.9. The van der Waals surface area contributed by atoms with Crippen LogP contribution in [0.3, 0.4) is 0 Å². The topological polar surface area (TPSA) is 0 Å². The second kappa shape index (κ2) is 7.84. The maximum Gasteiger partial charge on any atom is -0.0265 e. The van der Waals surface area contributed by atoms with Crippen LogP contribution in [0.2, 0.25) is 0 Å². The van der Waals surface area contributed by atoms with E-state index in [1.807, 2.05) is 0 Å². The van der Waals surface area contributed by atoms with E-state index in [2.05, 4.69) is 32.9 Å². The molecule has 0 nitrogen and oxygen atoms in total.